The third kappa shape index (κ3) is 4.08. The van der Waals surface area contributed by atoms with Gasteiger partial charge in [-0.3, -0.25) is 0 Å². The van der Waals surface area contributed by atoms with Gasteiger partial charge in [-0.25, -0.2) is 0 Å². The van der Waals surface area contributed by atoms with Gasteiger partial charge in [-0.05, 0) is 70.9 Å². The molecule has 2 aromatic heterocycles. The first kappa shape index (κ1) is 31.9. The van der Waals surface area contributed by atoms with Gasteiger partial charge in [-0.15, -0.1) is 0 Å². The van der Waals surface area contributed by atoms with E-state index in [4.69, 9.17) is 8.83 Å². The molecule has 0 aliphatic rings. The minimum atomic E-state index is -7.97. The van der Waals surface area contributed by atoms with Crippen LogP contribution in [0.5, 0.6) is 0 Å². The Morgan fingerprint density at radius 2 is 0.812 bits per heavy atom. The molecule has 0 N–H and O–H groups in total. The van der Waals surface area contributed by atoms with Crippen molar-refractivity contribution in [1.29, 1.82) is 0 Å². The van der Waals surface area contributed by atoms with E-state index >= 15 is 0 Å². The number of hydrogen-bond acceptors (Lipinski definition) is 2. The van der Waals surface area contributed by atoms with Crippen molar-refractivity contribution in [3.8, 4) is 0 Å². The van der Waals surface area contributed by atoms with E-state index in [0.717, 1.165) is 33.9 Å². The van der Waals surface area contributed by atoms with Crippen molar-refractivity contribution in [2.75, 3.05) is 0 Å². The van der Waals surface area contributed by atoms with E-state index < -0.39 is 41.4 Å². The van der Waals surface area contributed by atoms with E-state index in [2.05, 4.69) is 0 Å². The summed E-state index contributed by atoms with van der Waals surface area (Å²) in [6.07, 6.45) is -7.48. The maximum Gasteiger partial charge on any atom is 0.460 e. The van der Waals surface area contributed by atoms with Crippen LogP contribution in [-0.4, -0.2) is 29.9 Å². The first-order valence-corrected chi connectivity index (χ1v) is 13.7. The van der Waals surface area contributed by atoms with Crippen molar-refractivity contribution < 1.29 is 65.9 Å². The summed E-state index contributed by atoms with van der Waals surface area (Å²) in [5.41, 5.74) is 0.296. The fraction of sp³-hybridized carbons (Fsp3) is 0.212. The Morgan fingerprint density at radius 1 is 0.396 bits per heavy atom. The van der Waals surface area contributed by atoms with E-state index in [-0.39, 0.29) is 34.1 Å². The molecule has 7 aromatic rings. The zero-order chi connectivity index (χ0) is 35.0. The number of halogens is 13. The largest absolute Gasteiger partial charge is 0.460 e. The highest BCUT2D eigenvalue weighted by atomic mass is 19.4. The highest BCUT2D eigenvalue weighted by Gasteiger charge is 2.90. The van der Waals surface area contributed by atoms with E-state index in [0.29, 0.717) is 27.3 Å². The zero-order valence-corrected chi connectivity index (χ0v) is 23.7. The van der Waals surface area contributed by atoms with Crippen molar-refractivity contribution in [3.05, 3.63) is 83.9 Å². The molecule has 0 bridgehead atoms. The van der Waals surface area contributed by atoms with E-state index in [1.807, 2.05) is 37.3 Å². The fourth-order valence-corrected chi connectivity index (χ4v) is 5.80. The quantitative estimate of drug-likeness (QED) is 0.168. The summed E-state index contributed by atoms with van der Waals surface area (Å²) >= 11 is 0. The minimum Gasteiger partial charge on any atom is -0.456 e. The maximum atomic E-state index is 14.9. The summed E-state index contributed by atoms with van der Waals surface area (Å²) in [7, 11) is 0. The fourth-order valence-electron chi connectivity index (χ4n) is 5.80. The first-order chi connectivity index (χ1) is 22.1. The average molecular weight is 690 g/mol. The van der Waals surface area contributed by atoms with Crippen molar-refractivity contribution in [2.45, 2.75) is 42.7 Å². The van der Waals surface area contributed by atoms with Crippen molar-refractivity contribution in [1.82, 2.24) is 0 Å². The highest BCUT2D eigenvalue weighted by molar-refractivity contribution is 6.18. The third-order valence-electron chi connectivity index (χ3n) is 8.43. The summed E-state index contributed by atoms with van der Waals surface area (Å²) in [5.74, 6) is -37.4. The topological polar surface area (TPSA) is 26.3 Å². The monoisotopic (exact) mass is 690 g/mol. The van der Waals surface area contributed by atoms with Gasteiger partial charge in [0.25, 0.3) is 0 Å². The molecule has 7 rings (SSSR count). The lowest BCUT2D eigenvalue weighted by Gasteiger charge is -2.39. The van der Waals surface area contributed by atoms with Gasteiger partial charge >= 0.3 is 35.8 Å². The third-order valence-corrected chi connectivity index (χ3v) is 8.43. The average Bonchev–Trinajstić information content (AvgIpc) is 3.51. The number of fused-ring (bicyclic) bond motifs is 8. The van der Waals surface area contributed by atoms with Crippen molar-refractivity contribution in [3.63, 3.8) is 0 Å². The summed E-state index contributed by atoms with van der Waals surface area (Å²) in [5, 5.41) is 3.82. The van der Waals surface area contributed by atoms with Crippen LogP contribution in [0.25, 0.3) is 65.4 Å². The molecule has 0 unspecified atom stereocenters. The molecule has 48 heavy (non-hydrogen) atoms. The Labute approximate surface area is 258 Å². The molecule has 0 aliphatic heterocycles. The van der Waals surface area contributed by atoms with E-state index in [1.165, 1.54) is 6.07 Å². The smallest absolute Gasteiger partial charge is 0.456 e. The molecule has 250 valence electrons. The molecular weight excluding hydrogens is 675 g/mol. The molecule has 0 saturated heterocycles. The summed E-state index contributed by atoms with van der Waals surface area (Å²) in [6, 6.07) is 16.5. The predicted molar refractivity (Wildman–Crippen MR) is 150 cm³/mol. The second kappa shape index (κ2) is 9.47. The zero-order valence-electron chi connectivity index (χ0n) is 23.7. The summed E-state index contributed by atoms with van der Waals surface area (Å²) in [4.78, 5) is 0. The Balaban J connectivity index is 1.33. The lowest BCUT2D eigenvalue weighted by atomic mass is 9.89. The first-order valence-electron chi connectivity index (χ1n) is 13.7. The van der Waals surface area contributed by atoms with Crippen LogP contribution in [0.2, 0.25) is 0 Å². The SMILES string of the molecule is Cc1ccc2cc3c(cc2c1)oc1cc2c(cc13)oc1cc3cc(C(F)(F)C(F)(F)C(F)(F)C(F)(F)C(F)(F)C(F)(F)F)ccc3cc12. The van der Waals surface area contributed by atoms with Gasteiger partial charge < -0.3 is 8.83 Å². The molecule has 0 saturated carbocycles. The molecule has 0 atom stereocenters. The van der Waals surface area contributed by atoms with Gasteiger partial charge in [0.05, 0.1) is 0 Å². The standard InChI is InChI=1S/C33H15F13O2/c1-14-2-3-15-8-20-22-12-27-23(13-26(22)47-24(20)10-17(15)6-14)21-9-16-4-5-19(7-18(16)11-25(21)48-27)28(34,35)29(36,37)30(38,39)31(40,41)32(42,43)33(44,45)46/h2-13H,1H3. The van der Waals surface area contributed by atoms with Gasteiger partial charge in [0.1, 0.15) is 22.3 Å². The normalized spacial score (nSPS) is 14.5. The Bertz CT molecular complexity index is 2450. The number of benzene rings is 5. The van der Waals surface area contributed by atoms with Crippen LogP contribution in [-0.2, 0) is 5.92 Å². The van der Waals surface area contributed by atoms with Crippen molar-refractivity contribution in [2.24, 2.45) is 0 Å². The Hall–Kier alpha value is -4.69. The molecule has 2 heterocycles. The molecule has 0 spiro atoms. The van der Waals surface area contributed by atoms with Gasteiger partial charge in [0, 0.05) is 27.1 Å². The van der Waals surface area contributed by atoms with Gasteiger partial charge in [0.2, 0.25) is 0 Å². The number of alkyl halides is 13. The number of furan rings is 2. The molecular formula is C33H15F13O2. The molecule has 0 fully saturated rings. The molecule has 0 radical (unpaired) electrons. The predicted octanol–water partition coefficient (Wildman–Crippen LogP) is 12.3. The second-order valence-electron chi connectivity index (χ2n) is 11.5. The Kier molecular flexibility index (Phi) is 6.29. The number of aryl methyl sites for hydroxylation is 1. The van der Waals surface area contributed by atoms with Crippen LogP contribution < -0.4 is 0 Å². The van der Waals surface area contributed by atoms with Gasteiger partial charge in [-0.1, -0.05) is 35.9 Å². The molecule has 0 amide bonds. The van der Waals surface area contributed by atoms with E-state index in [1.54, 1.807) is 12.1 Å². The molecule has 0 aliphatic carbocycles. The minimum absolute atomic E-state index is 0.00991. The molecule has 15 heteroatoms. The van der Waals surface area contributed by atoms with Crippen LogP contribution in [0.4, 0.5) is 57.1 Å². The van der Waals surface area contributed by atoms with Crippen LogP contribution >= 0.6 is 0 Å². The second-order valence-corrected chi connectivity index (χ2v) is 11.5. The van der Waals surface area contributed by atoms with Gasteiger partial charge in [-0.2, -0.15) is 57.1 Å². The highest BCUT2D eigenvalue weighted by Crippen LogP contribution is 2.62. The van der Waals surface area contributed by atoms with Crippen molar-refractivity contribution >= 4 is 65.4 Å². The van der Waals surface area contributed by atoms with Crippen LogP contribution in [0.3, 0.4) is 0 Å². The molecule has 5 aromatic carbocycles. The number of rotatable bonds is 5. The van der Waals surface area contributed by atoms with Crippen LogP contribution in [0.15, 0.2) is 81.6 Å². The molecule has 2 nitrogen and oxygen atoms in total. The maximum absolute atomic E-state index is 14.9. The lowest BCUT2D eigenvalue weighted by Crippen LogP contribution is -2.69. The summed E-state index contributed by atoms with van der Waals surface area (Å²) < 4.78 is 190. The summed E-state index contributed by atoms with van der Waals surface area (Å²) in [6.45, 7) is 1.94. The Morgan fingerprint density at radius 3 is 1.31 bits per heavy atom. The van der Waals surface area contributed by atoms with E-state index in [9.17, 15) is 57.1 Å². The van der Waals surface area contributed by atoms with Crippen LogP contribution in [0, 0.1) is 6.92 Å². The van der Waals surface area contributed by atoms with Crippen LogP contribution in [0.1, 0.15) is 11.1 Å². The number of hydrogen-bond donors (Lipinski definition) is 0. The van der Waals surface area contributed by atoms with Gasteiger partial charge in [0.15, 0.2) is 0 Å². The lowest BCUT2D eigenvalue weighted by molar-refractivity contribution is -0.441.